The number of nitrogens with one attached hydrogen (secondary N) is 1. The molecule has 0 radical (unpaired) electrons. The maximum absolute atomic E-state index is 13.3. The van der Waals surface area contributed by atoms with Gasteiger partial charge in [0.25, 0.3) is 11.8 Å². The first kappa shape index (κ1) is 24.3. The molecule has 1 aliphatic rings. The summed E-state index contributed by atoms with van der Waals surface area (Å²) in [5.41, 5.74) is 0.875. The van der Waals surface area contributed by atoms with Gasteiger partial charge in [-0.05, 0) is 54.1 Å². The van der Waals surface area contributed by atoms with Crippen LogP contribution in [0.15, 0.2) is 66.2 Å². The first-order valence-electron chi connectivity index (χ1n) is 10.2. The van der Waals surface area contributed by atoms with Crippen LogP contribution in [0.5, 0.6) is 11.5 Å². The van der Waals surface area contributed by atoms with Crippen molar-refractivity contribution in [2.45, 2.75) is 6.61 Å². The van der Waals surface area contributed by atoms with Crippen molar-refractivity contribution in [3.8, 4) is 11.5 Å². The van der Waals surface area contributed by atoms with E-state index in [0.717, 1.165) is 22.6 Å². The Morgan fingerprint density at radius 3 is 2.40 bits per heavy atom. The summed E-state index contributed by atoms with van der Waals surface area (Å²) >= 11 is 12.6. The summed E-state index contributed by atoms with van der Waals surface area (Å²) in [6.07, 6.45) is 1.27. The molecule has 10 heteroatoms. The lowest BCUT2D eigenvalue weighted by Crippen LogP contribution is -2.54. The van der Waals surface area contributed by atoms with E-state index in [1.807, 2.05) is 12.1 Å². The van der Waals surface area contributed by atoms with Crippen molar-refractivity contribution in [1.29, 1.82) is 0 Å². The van der Waals surface area contributed by atoms with Gasteiger partial charge < -0.3 is 9.47 Å². The van der Waals surface area contributed by atoms with Crippen LogP contribution in [0.1, 0.15) is 11.1 Å². The average molecular weight is 515 g/mol. The molecule has 4 amide bonds. The number of urea groups is 1. The summed E-state index contributed by atoms with van der Waals surface area (Å²) in [7, 11) is 1.42. The quantitative estimate of drug-likeness (QED) is 0.352. The highest BCUT2D eigenvalue weighted by Gasteiger charge is 2.36. The van der Waals surface area contributed by atoms with E-state index < -0.39 is 23.7 Å². The van der Waals surface area contributed by atoms with Crippen molar-refractivity contribution in [3.63, 3.8) is 0 Å². The minimum atomic E-state index is -0.942. The second-order valence-corrected chi connectivity index (χ2v) is 8.16. The van der Waals surface area contributed by atoms with Crippen LogP contribution in [0.3, 0.4) is 0 Å². The standard InChI is InChI=1S/C25H17Cl2FN2O5/c1-34-21-12-14(11-20(27)22(21)35-13-15-4-2-3-5-19(15)26)10-18-23(31)29-25(33)30(24(18)32)17-8-6-16(28)7-9-17/h2-12H,13H2,1H3,(H,29,31,33)/b18-10+. The van der Waals surface area contributed by atoms with Gasteiger partial charge in [-0.15, -0.1) is 0 Å². The second kappa shape index (κ2) is 10.2. The predicted molar refractivity (Wildman–Crippen MR) is 129 cm³/mol. The van der Waals surface area contributed by atoms with Crippen LogP contribution < -0.4 is 19.7 Å². The largest absolute Gasteiger partial charge is 0.493 e. The van der Waals surface area contributed by atoms with Gasteiger partial charge in [0.1, 0.15) is 18.0 Å². The molecule has 0 unspecified atom stereocenters. The van der Waals surface area contributed by atoms with Gasteiger partial charge in [-0.1, -0.05) is 41.4 Å². The molecule has 1 fully saturated rings. The number of barbiturate groups is 1. The summed E-state index contributed by atoms with van der Waals surface area (Å²) in [4.78, 5) is 38.5. The third-order valence-electron chi connectivity index (χ3n) is 5.08. The van der Waals surface area contributed by atoms with E-state index in [4.69, 9.17) is 32.7 Å². The Morgan fingerprint density at radius 2 is 1.71 bits per heavy atom. The summed E-state index contributed by atoms with van der Waals surface area (Å²) in [6, 6.07) is 13.9. The molecule has 0 atom stereocenters. The molecule has 1 aliphatic heterocycles. The monoisotopic (exact) mass is 514 g/mol. The minimum absolute atomic E-state index is 0.103. The average Bonchev–Trinajstić information content (AvgIpc) is 2.83. The molecule has 178 valence electrons. The van der Waals surface area contributed by atoms with Gasteiger partial charge in [0, 0.05) is 10.6 Å². The Bertz CT molecular complexity index is 1360. The van der Waals surface area contributed by atoms with E-state index in [1.54, 1.807) is 12.1 Å². The van der Waals surface area contributed by atoms with Crippen molar-refractivity contribution in [2.24, 2.45) is 0 Å². The molecule has 1 N–H and O–H groups in total. The first-order valence-corrected chi connectivity index (χ1v) is 10.9. The molecule has 1 saturated heterocycles. The number of anilines is 1. The molecule has 0 aromatic heterocycles. The number of rotatable bonds is 6. The van der Waals surface area contributed by atoms with Crippen LogP contribution in [0, 0.1) is 5.82 Å². The van der Waals surface area contributed by atoms with Gasteiger partial charge in [-0.2, -0.15) is 0 Å². The lowest BCUT2D eigenvalue weighted by molar-refractivity contribution is -0.122. The zero-order valence-corrected chi connectivity index (χ0v) is 19.7. The van der Waals surface area contributed by atoms with Gasteiger partial charge in [-0.25, -0.2) is 14.1 Å². The second-order valence-electron chi connectivity index (χ2n) is 7.35. The fourth-order valence-corrected chi connectivity index (χ4v) is 3.84. The summed E-state index contributed by atoms with van der Waals surface area (Å²) in [5, 5.41) is 2.80. The Hall–Kier alpha value is -3.88. The fourth-order valence-electron chi connectivity index (χ4n) is 3.38. The Balaban J connectivity index is 1.64. The maximum Gasteiger partial charge on any atom is 0.335 e. The molecule has 0 saturated carbocycles. The van der Waals surface area contributed by atoms with Crippen LogP contribution in [0.25, 0.3) is 6.08 Å². The highest BCUT2D eigenvalue weighted by molar-refractivity contribution is 6.39. The summed E-state index contributed by atoms with van der Waals surface area (Å²) in [6.45, 7) is 0.131. The fraction of sp³-hybridized carbons (Fsp3) is 0.0800. The van der Waals surface area contributed by atoms with Crippen molar-refractivity contribution >= 4 is 52.8 Å². The Kier molecular flexibility index (Phi) is 7.04. The van der Waals surface area contributed by atoms with E-state index in [-0.39, 0.29) is 34.4 Å². The smallest absolute Gasteiger partial charge is 0.335 e. The topological polar surface area (TPSA) is 84.9 Å². The van der Waals surface area contributed by atoms with Gasteiger partial charge in [0.15, 0.2) is 11.5 Å². The molecule has 7 nitrogen and oxygen atoms in total. The van der Waals surface area contributed by atoms with Gasteiger partial charge >= 0.3 is 6.03 Å². The molecular formula is C25H17Cl2FN2O5. The third kappa shape index (κ3) is 5.13. The van der Waals surface area contributed by atoms with E-state index in [0.29, 0.717) is 10.6 Å². The van der Waals surface area contributed by atoms with E-state index >= 15 is 0 Å². The number of hydrogen-bond acceptors (Lipinski definition) is 5. The van der Waals surface area contributed by atoms with Crippen molar-refractivity contribution < 1.29 is 28.2 Å². The van der Waals surface area contributed by atoms with Crippen molar-refractivity contribution in [3.05, 3.63) is 93.2 Å². The molecule has 0 spiro atoms. The summed E-state index contributed by atoms with van der Waals surface area (Å²) in [5.74, 6) is -1.79. The number of ether oxygens (including phenoxy) is 2. The summed E-state index contributed by atoms with van der Waals surface area (Å²) < 4.78 is 24.5. The SMILES string of the molecule is COc1cc(/C=C2\C(=O)NC(=O)N(c3ccc(F)cc3)C2=O)cc(Cl)c1OCc1ccccc1Cl. The number of carbonyl (C=O) groups is 3. The molecule has 4 rings (SSSR count). The Labute approximate surface area is 209 Å². The van der Waals surface area contributed by atoms with Gasteiger partial charge in [-0.3, -0.25) is 14.9 Å². The number of carbonyl (C=O) groups excluding carboxylic acids is 3. The number of methoxy groups -OCH3 is 1. The normalized spacial score (nSPS) is 14.8. The number of hydrogen-bond donors (Lipinski definition) is 1. The highest BCUT2D eigenvalue weighted by Crippen LogP contribution is 2.38. The lowest BCUT2D eigenvalue weighted by atomic mass is 10.1. The van der Waals surface area contributed by atoms with Gasteiger partial charge in [0.2, 0.25) is 0 Å². The zero-order chi connectivity index (χ0) is 25.1. The van der Waals surface area contributed by atoms with E-state index in [2.05, 4.69) is 5.32 Å². The highest BCUT2D eigenvalue weighted by atomic mass is 35.5. The van der Waals surface area contributed by atoms with Crippen LogP contribution >= 0.6 is 23.2 Å². The number of benzene rings is 3. The zero-order valence-electron chi connectivity index (χ0n) is 18.2. The molecule has 3 aromatic carbocycles. The Morgan fingerprint density at radius 1 is 1.00 bits per heavy atom. The predicted octanol–water partition coefficient (Wildman–Crippen LogP) is 5.39. The molecule has 35 heavy (non-hydrogen) atoms. The number of nitrogens with zero attached hydrogens (tertiary/aromatic N) is 1. The first-order chi connectivity index (χ1) is 16.8. The third-order valence-corrected chi connectivity index (χ3v) is 5.73. The van der Waals surface area contributed by atoms with Crippen LogP contribution in [-0.4, -0.2) is 25.0 Å². The number of amides is 4. The van der Waals surface area contributed by atoms with Crippen molar-refractivity contribution in [1.82, 2.24) is 5.32 Å². The minimum Gasteiger partial charge on any atom is -0.493 e. The van der Waals surface area contributed by atoms with Crippen molar-refractivity contribution in [2.75, 3.05) is 12.0 Å². The van der Waals surface area contributed by atoms with Crippen LogP contribution in [-0.2, 0) is 16.2 Å². The number of imide groups is 2. The molecule has 0 aliphatic carbocycles. The molecule has 0 bridgehead atoms. The van der Waals surface area contributed by atoms with Crippen LogP contribution in [0.4, 0.5) is 14.9 Å². The number of halogens is 3. The van der Waals surface area contributed by atoms with E-state index in [9.17, 15) is 18.8 Å². The molecule has 3 aromatic rings. The molecular weight excluding hydrogens is 498 g/mol. The maximum atomic E-state index is 13.3. The lowest BCUT2D eigenvalue weighted by Gasteiger charge is -2.26. The van der Waals surface area contributed by atoms with Gasteiger partial charge in [0.05, 0.1) is 17.8 Å². The van der Waals surface area contributed by atoms with E-state index in [1.165, 1.54) is 37.5 Å². The molecule has 1 heterocycles. The van der Waals surface area contributed by atoms with Crippen LogP contribution in [0.2, 0.25) is 10.0 Å².